The molecule has 0 aliphatic carbocycles. The zero-order valence-electron chi connectivity index (χ0n) is 11.0. The van der Waals surface area contributed by atoms with Crippen molar-refractivity contribution in [2.24, 2.45) is 5.73 Å². The van der Waals surface area contributed by atoms with E-state index in [-0.39, 0.29) is 5.56 Å². The van der Waals surface area contributed by atoms with Gasteiger partial charge in [0, 0.05) is 12.2 Å². The molecule has 2 rings (SSSR count). The summed E-state index contributed by atoms with van der Waals surface area (Å²) in [5.74, 6) is -1.11. The van der Waals surface area contributed by atoms with Gasteiger partial charge in [-0.15, -0.1) is 0 Å². The van der Waals surface area contributed by atoms with Gasteiger partial charge in [0.25, 0.3) is 0 Å². The Kier molecular flexibility index (Phi) is 3.42. The average molecular weight is 263 g/mol. The van der Waals surface area contributed by atoms with Gasteiger partial charge in [-0.05, 0) is 38.3 Å². The van der Waals surface area contributed by atoms with E-state index in [4.69, 9.17) is 5.73 Å². The molecule has 1 aliphatic rings. The highest BCUT2D eigenvalue weighted by molar-refractivity contribution is 5.96. The zero-order valence-corrected chi connectivity index (χ0v) is 11.0. The van der Waals surface area contributed by atoms with E-state index >= 15 is 0 Å². The summed E-state index contributed by atoms with van der Waals surface area (Å²) in [4.78, 5) is 28.9. The quantitative estimate of drug-likeness (QED) is 0.842. The molecule has 1 atom stereocenters. The van der Waals surface area contributed by atoms with Crippen LogP contribution in [0.5, 0.6) is 0 Å². The number of carbonyl (C=O) groups excluding carboxylic acids is 1. The number of aromatic nitrogens is 1. The van der Waals surface area contributed by atoms with Crippen LogP contribution in [0.2, 0.25) is 0 Å². The fourth-order valence-corrected chi connectivity index (χ4v) is 2.61. The first-order chi connectivity index (χ1) is 8.91. The number of aromatic carboxylic acids is 1. The molecule has 1 aliphatic heterocycles. The van der Waals surface area contributed by atoms with Gasteiger partial charge < -0.3 is 15.7 Å². The second kappa shape index (κ2) is 4.87. The predicted octanol–water partition coefficient (Wildman–Crippen LogP) is 0.851. The first-order valence-corrected chi connectivity index (χ1v) is 6.19. The summed E-state index contributed by atoms with van der Waals surface area (Å²) < 4.78 is 0. The number of hydrogen-bond acceptors (Lipinski definition) is 4. The van der Waals surface area contributed by atoms with Crippen LogP contribution in [-0.2, 0) is 4.79 Å². The Morgan fingerprint density at radius 1 is 1.47 bits per heavy atom. The Hall–Kier alpha value is -2.11. The molecule has 3 N–H and O–H groups in total. The third-order valence-electron chi connectivity index (χ3n) is 3.39. The summed E-state index contributed by atoms with van der Waals surface area (Å²) in [5, 5.41) is 9.34. The van der Waals surface area contributed by atoms with E-state index in [0.717, 1.165) is 12.1 Å². The van der Waals surface area contributed by atoms with Crippen molar-refractivity contribution >= 4 is 17.7 Å². The number of anilines is 1. The zero-order chi connectivity index (χ0) is 14.2. The molecular formula is C13H17N3O3. The lowest BCUT2D eigenvalue weighted by Crippen LogP contribution is -2.41. The Labute approximate surface area is 111 Å². The van der Waals surface area contributed by atoms with Crippen LogP contribution in [-0.4, -0.2) is 34.6 Å². The van der Waals surface area contributed by atoms with E-state index in [0.29, 0.717) is 24.3 Å². The maximum absolute atomic E-state index is 11.4. The number of hydrogen-bond donors (Lipinski definition) is 2. The number of carboxylic acids is 1. The van der Waals surface area contributed by atoms with Gasteiger partial charge in [-0.25, -0.2) is 9.78 Å². The maximum Gasteiger partial charge on any atom is 0.339 e. The summed E-state index contributed by atoms with van der Waals surface area (Å²) in [6.45, 7) is 4.14. The van der Waals surface area contributed by atoms with Crippen molar-refractivity contribution < 1.29 is 14.7 Å². The van der Waals surface area contributed by atoms with E-state index in [1.807, 2.05) is 0 Å². The molecular weight excluding hydrogens is 246 g/mol. The SMILES string of the molecule is Cc1cc(C)c(C(=O)O)c(N2CCCC2C(N)=O)n1. The number of rotatable bonds is 3. The Morgan fingerprint density at radius 3 is 2.74 bits per heavy atom. The molecule has 1 fully saturated rings. The molecule has 0 bridgehead atoms. The molecule has 0 radical (unpaired) electrons. The Bertz CT molecular complexity index is 542. The lowest BCUT2D eigenvalue weighted by atomic mass is 10.1. The minimum atomic E-state index is -1.03. The van der Waals surface area contributed by atoms with Gasteiger partial charge in [-0.3, -0.25) is 4.79 Å². The Morgan fingerprint density at radius 2 is 2.16 bits per heavy atom. The molecule has 1 saturated heterocycles. The lowest BCUT2D eigenvalue weighted by Gasteiger charge is -2.25. The normalized spacial score (nSPS) is 18.6. The highest BCUT2D eigenvalue weighted by atomic mass is 16.4. The summed E-state index contributed by atoms with van der Waals surface area (Å²) in [5.41, 5.74) is 6.90. The largest absolute Gasteiger partial charge is 0.478 e. The fourth-order valence-electron chi connectivity index (χ4n) is 2.61. The van der Waals surface area contributed by atoms with Gasteiger partial charge in [-0.1, -0.05) is 0 Å². The molecule has 1 aromatic rings. The van der Waals surface area contributed by atoms with Crippen LogP contribution in [0.4, 0.5) is 5.82 Å². The first-order valence-electron chi connectivity index (χ1n) is 6.19. The molecule has 102 valence electrons. The molecule has 1 unspecified atom stereocenters. The highest BCUT2D eigenvalue weighted by Crippen LogP contribution is 2.29. The summed E-state index contributed by atoms with van der Waals surface area (Å²) in [6, 6.07) is 1.26. The van der Waals surface area contributed by atoms with Crippen molar-refractivity contribution in [3.8, 4) is 0 Å². The molecule has 6 heteroatoms. The van der Waals surface area contributed by atoms with Gasteiger partial charge >= 0.3 is 5.97 Å². The van der Waals surface area contributed by atoms with Crippen molar-refractivity contribution in [3.05, 3.63) is 22.9 Å². The molecule has 1 amide bonds. The number of nitrogens with zero attached hydrogens (tertiary/aromatic N) is 2. The van der Waals surface area contributed by atoms with E-state index in [9.17, 15) is 14.7 Å². The van der Waals surface area contributed by atoms with E-state index in [1.54, 1.807) is 24.8 Å². The maximum atomic E-state index is 11.4. The average Bonchev–Trinajstić information content (AvgIpc) is 2.75. The van der Waals surface area contributed by atoms with Crippen molar-refractivity contribution in [3.63, 3.8) is 0 Å². The van der Waals surface area contributed by atoms with Gasteiger partial charge in [0.1, 0.15) is 17.4 Å². The number of amides is 1. The van der Waals surface area contributed by atoms with Crippen LogP contribution < -0.4 is 10.6 Å². The van der Waals surface area contributed by atoms with E-state index in [2.05, 4.69) is 4.98 Å². The van der Waals surface area contributed by atoms with Crippen LogP contribution in [0, 0.1) is 13.8 Å². The minimum Gasteiger partial charge on any atom is -0.478 e. The monoisotopic (exact) mass is 263 g/mol. The van der Waals surface area contributed by atoms with E-state index in [1.165, 1.54) is 0 Å². The van der Waals surface area contributed by atoms with Crippen LogP contribution in [0.3, 0.4) is 0 Å². The van der Waals surface area contributed by atoms with Crippen molar-refractivity contribution in [2.75, 3.05) is 11.4 Å². The van der Waals surface area contributed by atoms with Crippen LogP contribution >= 0.6 is 0 Å². The number of aryl methyl sites for hydroxylation is 2. The van der Waals surface area contributed by atoms with Gasteiger partial charge in [0.15, 0.2) is 0 Å². The molecule has 2 heterocycles. The van der Waals surface area contributed by atoms with Gasteiger partial charge in [0.2, 0.25) is 5.91 Å². The summed E-state index contributed by atoms with van der Waals surface area (Å²) in [6.07, 6.45) is 1.45. The van der Waals surface area contributed by atoms with E-state index < -0.39 is 17.9 Å². The molecule has 0 aromatic carbocycles. The van der Waals surface area contributed by atoms with Crippen LogP contribution in [0.25, 0.3) is 0 Å². The minimum absolute atomic E-state index is 0.152. The van der Waals surface area contributed by atoms with Crippen molar-refractivity contribution in [2.45, 2.75) is 32.7 Å². The molecule has 0 saturated carbocycles. The predicted molar refractivity (Wildman–Crippen MR) is 70.2 cm³/mol. The number of carbonyl (C=O) groups is 2. The molecule has 19 heavy (non-hydrogen) atoms. The van der Waals surface area contributed by atoms with Gasteiger partial charge in [0.05, 0.1) is 0 Å². The fraction of sp³-hybridized carbons (Fsp3) is 0.462. The molecule has 0 spiro atoms. The first kappa shape index (κ1) is 13.3. The summed E-state index contributed by atoms with van der Waals surface area (Å²) in [7, 11) is 0. The van der Waals surface area contributed by atoms with Gasteiger partial charge in [-0.2, -0.15) is 0 Å². The topological polar surface area (TPSA) is 96.5 Å². The smallest absolute Gasteiger partial charge is 0.339 e. The number of pyridine rings is 1. The van der Waals surface area contributed by atoms with Crippen LogP contribution in [0.1, 0.15) is 34.5 Å². The number of primary amides is 1. The summed E-state index contributed by atoms with van der Waals surface area (Å²) >= 11 is 0. The van der Waals surface area contributed by atoms with Crippen molar-refractivity contribution in [1.29, 1.82) is 0 Å². The third-order valence-corrected chi connectivity index (χ3v) is 3.39. The third kappa shape index (κ3) is 2.38. The Balaban J connectivity index is 2.55. The molecule has 6 nitrogen and oxygen atoms in total. The second-order valence-corrected chi connectivity index (χ2v) is 4.84. The second-order valence-electron chi connectivity index (χ2n) is 4.84. The molecule has 1 aromatic heterocycles. The standard InChI is InChI=1S/C13H17N3O3/c1-7-6-8(2)15-12(10(7)13(18)19)16-5-3-4-9(16)11(14)17/h6,9H,3-5H2,1-2H3,(H2,14,17)(H,18,19). The lowest BCUT2D eigenvalue weighted by molar-refractivity contribution is -0.119. The highest BCUT2D eigenvalue weighted by Gasteiger charge is 2.33. The number of carboxylic acid groups (broad SMARTS) is 1. The van der Waals surface area contributed by atoms with Crippen LogP contribution in [0.15, 0.2) is 6.07 Å². The number of nitrogens with two attached hydrogens (primary N) is 1. The van der Waals surface area contributed by atoms with Crippen molar-refractivity contribution in [1.82, 2.24) is 4.98 Å².